The summed E-state index contributed by atoms with van der Waals surface area (Å²) in [6.07, 6.45) is 1.63. The summed E-state index contributed by atoms with van der Waals surface area (Å²) in [4.78, 5) is 39.0. The summed E-state index contributed by atoms with van der Waals surface area (Å²) < 4.78 is 15.8. The van der Waals surface area contributed by atoms with Crippen molar-refractivity contribution in [1.29, 1.82) is 0 Å². The van der Waals surface area contributed by atoms with E-state index in [0.29, 0.717) is 18.0 Å². The molecule has 1 aromatic rings. The Labute approximate surface area is 155 Å². The molecule has 2 amide bonds. The number of esters is 1. The zero-order valence-corrected chi connectivity index (χ0v) is 14.7. The molecule has 2 fully saturated rings. The quantitative estimate of drug-likeness (QED) is 0.550. The van der Waals surface area contributed by atoms with Crippen molar-refractivity contribution >= 4 is 23.5 Å². The fourth-order valence-electron chi connectivity index (χ4n) is 3.37. The van der Waals surface area contributed by atoms with E-state index in [1.807, 2.05) is 0 Å². The summed E-state index contributed by atoms with van der Waals surface area (Å²) in [6.45, 7) is 0.768. The first kappa shape index (κ1) is 17.5. The molecule has 9 heteroatoms. The van der Waals surface area contributed by atoms with Crippen LogP contribution in [0.2, 0.25) is 0 Å². The molecule has 0 spiro atoms. The van der Waals surface area contributed by atoms with Crippen molar-refractivity contribution in [3.8, 4) is 5.75 Å². The lowest BCUT2D eigenvalue weighted by Crippen LogP contribution is -2.42. The number of rotatable bonds is 5. The van der Waals surface area contributed by atoms with Crippen molar-refractivity contribution in [2.75, 3.05) is 25.2 Å². The number of nitrogens with one attached hydrogen (secondary N) is 2. The van der Waals surface area contributed by atoms with Crippen molar-refractivity contribution in [1.82, 2.24) is 10.9 Å². The van der Waals surface area contributed by atoms with Gasteiger partial charge in [-0.1, -0.05) is 6.07 Å². The van der Waals surface area contributed by atoms with Gasteiger partial charge in [-0.05, 0) is 25.0 Å². The average Bonchev–Trinajstić information content (AvgIpc) is 3.39. The van der Waals surface area contributed by atoms with Crippen LogP contribution in [0.3, 0.4) is 0 Å². The molecule has 4 rings (SSSR count). The molecule has 2 atom stereocenters. The Balaban J connectivity index is 1.56. The largest absolute Gasteiger partial charge is 0.497 e. The average molecular weight is 373 g/mol. The Morgan fingerprint density at radius 2 is 2.22 bits per heavy atom. The molecular weight excluding hydrogens is 354 g/mol. The van der Waals surface area contributed by atoms with Gasteiger partial charge in [-0.25, -0.2) is 15.1 Å². The molecule has 0 radical (unpaired) electrons. The lowest BCUT2D eigenvalue weighted by Gasteiger charge is -2.17. The zero-order valence-electron chi connectivity index (χ0n) is 14.7. The maximum atomic E-state index is 12.9. The van der Waals surface area contributed by atoms with Gasteiger partial charge in [-0.3, -0.25) is 9.59 Å². The number of benzene rings is 1. The molecule has 0 bridgehead atoms. The molecule has 0 aromatic heterocycles. The number of ether oxygens (including phenoxy) is 3. The molecular formula is C18H19N3O6. The second-order valence-corrected chi connectivity index (χ2v) is 6.40. The van der Waals surface area contributed by atoms with Crippen molar-refractivity contribution in [2.45, 2.75) is 25.0 Å². The lowest BCUT2D eigenvalue weighted by molar-refractivity contribution is -0.143. The third-order valence-electron chi connectivity index (χ3n) is 4.74. The summed E-state index contributed by atoms with van der Waals surface area (Å²) in [5, 5.41) is 0. The monoisotopic (exact) mass is 373 g/mol. The summed E-state index contributed by atoms with van der Waals surface area (Å²) in [5.41, 5.74) is 5.69. The first-order chi connectivity index (χ1) is 13.1. The van der Waals surface area contributed by atoms with E-state index < -0.39 is 23.8 Å². The van der Waals surface area contributed by atoms with Crippen LogP contribution in [0, 0.1) is 0 Å². The topological polar surface area (TPSA) is 106 Å². The first-order valence-electron chi connectivity index (χ1n) is 8.67. The smallest absolute Gasteiger partial charge is 0.356 e. The predicted molar refractivity (Wildman–Crippen MR) is 92.5 cm³/mol. The molecule has 0 saturated carbocycles. The fraction of sp³-hybridized carbons (Fsp3) is 0.389. The number of amides is 2. The Hall–Kier alpha value is -2.91. The number of carbonyl (C=O) groups is 3. The number of imide groups is 1. The van der Waals surface area contributed by atoms with Crippen LogP contribution in [0.25, 0.3) is 0 Å². The minimum Gasteiger partial charge on any atom is -0.497 e. The van der Waals surface area contributed by atoms with Crippen molar-refractivity contribution in [3.05, 3.63) is 35.5 Å². The molecule has 0 unspecified atom stereocenters. The van der Waals surface area contributed by atoms with Crippen molar-refractivity contribution in [3.63, 3.8) is 0 Å². The zero-order chi connectivity index (χ0) is 19.0. The third-order valence-corrected chi connectivity index (χ3v) is 4.74. The maximum Gasteiger partial charge on any atom is 0.356 e. The number of hydrazine groups is 1. The Morgan fingerprint density at radius 1 is 1.37 bits per heavy atom. The molecule has 1 aromatic carbocycles. The van der Waals surface area contributed by atoms with Gasteiger partial charge in [0.2, 0.25) is 0 Å². The molecule has 9 nitrogen and oxygen atoms in total. The van der Waals surface area contributed by atoms with Gasteiger partial charge in [-0.2, -0.15) is 0 Å². The fourth-order valence-corrected chi connectivity index (χ4v) is 3.37. The number of anilines is 1. The summed E-state index contributed by atoms with van der Waals surface area (Å²) in [7, 11) is 1.50. The van der Waals surface area contributed by atoms with E-state index in [4.69, 9.17) is 14.2 Å². The lowest BCUT2D eigenvalue weighted by atomic mass is 10.1. The molecule has 3 heterocycles. The molecule has 0 aliphatic carbocycles. The van der Waals surface area contributed by atoms with Crippen LogP contribution in [-0.4, -0.2) is 50.3 Å². The highest BCUT2D eigenvalue weighted by Crippen LogP contribution is 2.32. The van der Waals surface area contributed by atoms with E-state index in [9.17, 15) is 14.4 Å². The van der Waals surface area contributed by atoms with Gasteiger partial charge >= 0.3 is 5.97 Å². The van der Waals surface area contributed by atoms with Gasteiger partial charge in [0.15, 0.2) is 0 Å². The van der Waals surface area contributed by atoms with Crippen LogP contribution in [0.15, 0.2) is 35.5 Å². The molecule has 2 N–H and O–H groups in total. The van der Waals surface area contributed by atoms with Crippen molar-refractivity contribution < 1.29 is 28.6 Å². The molecule has 3 aliphatic rings. The first-order valence-corrected chi connectivity index (χ1v) is 8.67. The normalized spacial score (nSPS) is 24.3. The summed E-state index contributed by atoms with van der Waals surface area (Å²) in [5.74, 6) is -1.22. The van der Waals surface area contributed by atoms with E-state index >= 15 is 0 Å². The van der Waals surface area contributed by atoms with Crippen LogP contribution < -0.4 is 20.5 Å². The Bertz CT molecular complexity index is 830. The van der Waals surface area contributed by atoms with Crippen LogP contribution in [0.5, 0.6) is 5.75 Å². The second kappa shape index (κ2) is 7.01. The number of methoxy groups -OCH3 is 1. The van der Waals surface area contributed by atoms with E-state index in [1.165, 1.54) is 7.11 Å². The molecule has 2 saturated heterocycles. The number of carbonyl (C=O) groups excluding carboxylic acids is 3. The molecule has 27 heavy (non-hydrogen) atoms. The standard InChI is InChI=1S/C18H19N3O6/c1-25-11-5-2-4-10(8-11)21-16(22)13-14(17(21)23)19-20-15(13)18(24)27-9-12-6-3-7-26-12/h2,4-5,8,12,14,19-20H,3,6-7,9H2,1H3/t12-,14+/m1/s1. The molecule has 3 aliphatic heterocycles. The highest BCUT2D eigenvalue weighted by Gasteiger charge is 2.50. The van der Waals surface area contributed by atoms with E-state index in [-0.39, 0.29) is 24.0 Å². The minimum absolute atomic E-state index is 0.0401. The summed E-state index contributed by atoms with van der Waals surface area (Å²) in [6, 6.07) is 5.67. The van der Waals surface area contributed by atoms with Gasteiger partial charge in [0, 0.05) is 12.7 Å². The predicted octanol–water partition coefficient (Wildman–Crippen LogP) is 0.0211. The number of hydrogen-bond donors (Lipinski definition) is 2. The Kier molecular flexibility index (Phi) is 4.54. The van der Waals surface area contributed by atoms with E-state index in [2.05, 4.69) is 10.9 Å². The van der Waals surface area contributed by atoms with Crippen LogP contribution in [-0.2, 0) is 23.9 Å². The van der Waals surface area contributed by atoms with Gasteiger partial charge in [0.05, 0.1) is 24.5 Å². The SMILES string of the molecule is COc1cccc(N2C(=O)C3=C(C(=O)OC[C@H]4CCCO4)NN[C@@H]3C2=O)c1. The number of hydrogen-bond acceptors (Lipinski definition) is 8. The number of fused-ring (bicyclic) bond motifs is 1. The number of nitrogens with zero attached hydrogens (tertiary/aromatic N) is 1. The Morgan fingerprint density at radius 3 is 2.96 bits per heavy atom. The van der Waals surface area contributed by atoms with Gasteiger partial charge in [0.1, 0.15) is 24.1 Å². The van der Waals surface area contributed by atoms with Crippen LogP contribution in [0.4, 0.5) is 5.69 Å². The van der Waals surface area contributed by atoms with Crippen LogP contribution in [0.1, 0.15) is 12.8 Å². The highest BCUT2D eigenvalue weighted by atomic mass is 16.6. The van der Waals surface area contributed by atoms with Crippen molar-refractivity contribution in [2.24, 2.45) is 0 Å². The third kappa shape index (κ3) is 3.04. The van der Waals surface area contributed by atoms with E-state index in [1.54, 1.807) is 24.3 Å². The van der Waals surface area contributed by atoms with E-state index in [0.717, 1.165) is 17.7 Å². The second-order valence-electron chi connectivity index (χ2n) is 6.40. The van der Waals surface area contributed by atoms with Crippen LogP contribution >= 0.6 is 0 Å². The van der Waals surface area contributed by atoms with Gasteiger partial charge < -0.3 is 19.6 Å². The highest BCUT2D eigenvalue weighted by molar-refractivity contribution is 6.32. The maximum absolute atomic E-state index is 12.9. The summed E-state index contributed by atoms with van der Waals surface area (Å²) >= 11 is 0. The molecule has 142 valence electrons. The van der Waals surface area contributed by atoms with Gasteiger partial charge in [0.25, 0.3) is 11.8 Å². The minimum atomic E-state index is -0.936. The van der Waals surface area contributed by atoms with Gasteiger partial charge in [-0.15, -0.1) is 0 Å².